The highest BCUT2D eigenvalue weighted by molar-refractivity contribution is 7.91. The number of benzene rings is 1. The summed E-state index contributed by atoms with van der Waals surface area (Å²) in [5.74, 6) is 0.187. The highest BCUT2D eigenvalue weighted by Crippen LogP contribution is 2.17. The molecule has 0 bridgehead atoms. The standard InChI is InChI=1S/C10H9N3O2S/c11-9-6-7-10(13-12-9)16(14,15)8-4-2-1-3-5-8/h1-7H,(H2,11,12). The molecular formula is C10H9N3O2S. The fraction of sp³-hybridized carbons (Fsp3) is 0. The molecular weight excluding hydrogens is 226 g/mol. The van der Waals surface area contributed by atoms with Gasteiger partial charge < -0.3 is 5.73 Å². The lowest BCUT2D eigenvalue weighted by molar-refractivity contribution is 0.590. The van der Waals surface area contributed by atoms with Crippen LogP contribution in [0.1, 0.15) is 0 Å². The van der Waals surface area contributed by atoms with Gasteiger partial charge in [-0.25, -0.2) is 8.42 Å². The van der Waals surface area contributed by atoms with E-state index in [2.05, 4.69) is 10.2 Å². The average molecular weight is 235 g/mol. The second-order valence-electron chi connectivity index (χ2n) is 3.11. The monoisotopic (exact) mass is 235 g/mol. The van der Waals surface area contributed by atoms with Gasteiger partial charge in [0.15, 0.2) is 5.03 Å². The third kappa shape index (κ3) is 1.87. The highest BCUT2D eigenvalue weighted by atomic mass is 32.2. The van der Waals surface area contributed by atoms with E-state index in [-0.39, 0.29) is 15.7 Å². The van der Waals surface area contributed by atoms with E-state index >= 15 is 0 Å². The van der Waals surface area contributed by atoms with Crippen molar-refractivity contribution in [1.29, 1.82) is 0 Å². The van der Waals surface area contributed by atoms with Crippen LogP contribution >= 0.6 is 0 Å². The molecule has 6 heteroatoms. The minimum Gasteiger partial charge on any atom is -0.382 e. The topological polar surface area (TPSA) is 85.9 Å². The van der Waals surface area contributed by atoms with E-state index in [9.17, 15) is 8.42 Å². The number of nitrogen functional groups attached to an aromatic ring is 1. The van der Waals surface area contributed by atoms with Crippen molar-refractivity contribution in [2.75, 3.05) is 5.73 Å². The number of hydrogen-bond donors (Lipinski definition) is 1. The summed E-state index contributed by atoms with van der Waals surface area (Å²) in [6.45, 7) is 0. The van der Waals surface area contributed by atoms with Gasteiger partial charge >= 0.3 is 0 Å². The first-order valence-corrected chi connectivity index (χ1v) is 5.98. The molecule has 1 aromatic heterocycles. The second kappa shape index (κ2) is 3.90. The number of aromatic nitrogens is 2. The molecule has 16 heavy (non-hydrogen) atoms. The Labute approximate surface area is 92.9 Å². The fourth-order valence-electron chi connectivity index (χ4n) is 1.19. The minimum atomic E-state index is -3.58. The lowest BCUT2D eigenvalue weighted by Crippen LogP contribution is -2.06. The molecule has 0 atom stereocenters. The molecule has 0 aliphatic rings. The predicted octanol–water partition coefficient (Wildman–Crippen LogP) is 0.892. The summed E-state index contributed by atoms with van der Waals surface area (Å²) < 4.78 is 24.0. The third-order valence-electron chi connectivity index (χ3n) is 1.99. The number of nitrogens with zero attached hydrogens (tertiary/aromatic N) is 2. The number of rotatable bonds is 2. The Kier molecular flexibility index (Phi) is 2.57. The van der Waals surface area contributed by atoms with E-state index in [0.717, 1.165) is 0 Å². The van der Waals surface area contributed by atoms with Gasteiger partial charge in [0.25, 0.3) is 0 Å². The molecule has 0 spiro atoms. The number of sulfone groups is 1. The van der Waals surface area contributed by atoms with Gasteiger partial charge in [-0.2, -0.15) is 0 Å². The first-order valence-electron chi connectivity index (χ1n) is 4.50. The molecule has 2 rings (SSSR count). The summed E-state index contributed by atoms with van der Waals surface area (Å²) in [6, 6.07) is 10.8. The van der Waals surface area contributed by atoms with E-state index in [1.54, 1.807) is 18.2 Å². The molecule has 0 radical (unpaired) electrons. The smallest absolute Gasteiger partial charge is 0.225 e. The Morgan fingerprint density at radius 3 is 2.19 bits per heavy atom. The zero-order valence-electron chi connectivity index (χ0n) is 8.24. The molecule has 0 saturated carbocycles. The van der Waals surface area contributed by atoms with Crippen molar-refractivity contribution >= 4 is 15.7 Å². The van der Waals surface area contributed by atoms with E-state index in [1.807, 2.05) is 0 Å². The van der Waals surface area contributed by atoms with E-state index in [0.29, 0.717) is 0 Å². The van der Waals surface area contributed by atoms with E-state index < -0.39 is 9.84 Å². The molecule has 5 nitrogen and oxygen atoms in total. The van der Waals surface area contributed by atoms with Crippen LogP contribution in [0.5, 0.6) is 0 Å². The Morgan fingerprint density at radius 1 is 0.938 bits per heavy atom. The number of nitrogens with two attached hydrogens (primary N) is 1. The van der Waals surface area contributed by atoms with Crippen LogP contribution in [0.15, 0.2) is 52.4 Å². The number of anilines is 1. The van der Waals surface area contributed by atoms with Crippen molar-refractivity contribution in [2.24, 2.45) is 0 Å². The van der Waals surface area contributed by atoms with Crippen LogP contribution in [-0.4, -0.2) is 18.6 Å². The molecule has 1 aromatic carbocycles. The predicted molar refractivity (Wildman–Crippen MR) is 58.3 cm³/mol. The zero-order valence-corrected chi connectivity index (χ0v) is 9.05. The van der Waals surface area contributed by atoms with Crippen molar-refractivity contribution in [2.45, 2.75) is 9.92 Å². The third-order valence-corrected chi connectivity index (χ3v) is 3.65. The van der Waals surface area contributed by atoms with Crippen LogP contribution in [0.2, 0.25) is 0 Å². The minimum absolute atomic E-state index is 0.104. The molecule has 0 saturated heterocycles. The molecule has 1 heterocycles. The van der Waals surface area contributed by atoms with Gasteiger partial charge in [-0.3, -0.25) is 0 Å². The molecule has 2 N–H and O–H groups in total. The molecule has 0 amide bonds. The summed E-state index contributed by atoms with van der Waals surface area (Å²) in [7, 11) is -3.58. The second-order valence-corrected chi connectivity index (χ2v) is 5.01. The average Bonchev–Trinajstić information content (AvgIpc) is 2.31. The first-order chi connectivity index (χ1) is 7.60. The van der Waals surface area contributed by atoms with Crippen LogP contribution < -0.4 is 5.73 Å². The molecule has 82 valence electrons. The maximum Gasteiger partial charge on any atom is 0.225 e. The fourth-order valence-corrected chi connectivity index (χ4v) is 2.35. The molecule has 0 aliphatic heterocycles. The lowest BCUT2D eigenvalue weighted by atomic mass is 10.4. The SMILES string of the molecule is Nc1ccc(S(=O)(=O)c2ccccc2)nn1. The Morgan fingerprint density at radius 2 is 1.62 bits per heavy atom. The summed E-state index contributed by atoms with van der Waals surface area (Å²) >= 11 is 0. The highest BCUT2D eigenvalue weighted by Gasteiger charge is 2.18. The summed E-state index contributed by atoms with van der Waals surface area (Å²) in [4.78, 5) is 0.189. The van der Waals surface area contributed by atoms with Gasteiger partial charge in [-0.1, -0.05) is 18.2 Å². The summed E-state index contributed by atoms with van der Waals surface area (Å²) in [6.07, 6.45) is 0. The zero-order chi connectivity index (χ0) is 11.6. The summed E-state index contributed by atoms with van der Waals surface area (Å²) in [5, 5.41) is 6.98. The van der Waals surface area contributed by atoms with Gasteiger partial charge in [0.2, 0.25) is 9.84 Å². The molecule has 0 aliphatic carbocycles. The quantitative estimate of drug-likeness (QED) is 0.835. The van der Waals surface area contributed by atoms with Crippen molar-refractivity contribution < 1.29 is 8.42 Å². The molecule has 0 fully saturated rings. The lowest BCUT2D eigenvalue weighted by Gasteiger charge is -2.02. The van der Waals surface area contributed by atoms with Crippen molar-refractivity contribution in [3.8, 4) is 0 Å². The Bertz CT molecular complexity index is 579. The molecule has 2 aromatic rings. The van der Waals surface area contributed by atoms with Gasteiger partial charge in [-0.15, -0.1) is 10.2 Å². The van der Waals surface area contributed by atoms with E-state index in [1.165, 1.54) is 24.3 Å². The summed E-state index contributed by atoms with van der Waals surface area (Å²) in [5.41, 5.74) is 5.34. The normalized spacial score (nSPS) is 11.2. The van der Waals surface area contributed by atoms with Gasteiger partial charge in [0, 0.05) is 0 Å². The Hall–Kier alpha value is -1.95. The maximum absolute atomic E-state index is 12.0. The van der Waals surface area contributed by atoms with Crippen LogP contribution in [-0.2, 0) is 9.84 Å². The largest absolute Gasteiger partial charge is 0.382 e. The van der Waals surface area contributed by atoms with Gasteiger partial charge in [0.05, 0.1) is 4.90 Å². The first kappa shape index (κ1) is 10.6. The van der Waals surface area contributed by atoms with Crippen LogP contribution in [0.25, 0.3) is 0 Å². The van der Waals surface area contributed by atoms with Gasteiger partial charge in [0.1, 0.15) is 5.82 Å². The maximum atomic E-state index is 12.0. The van der Waals surface area contributed by atoms with Crippen molar-refractivity contribution in [3.05, 3.63) is 42.5 Å². The van der Waals surface area contributed by atoms with E-state index in [4.69, 9.17) is 5.73 Å². The van der Waals surface area contributed by atoms with Crippen LogP contribution in [0.3, 0.4) is 0 Å². The molecule has 0 unspecified atom stereocenters. The Balaban J connectivity index is 2.52. The van der Waals surface area contributed by atoms with Crippen LogP contribution in [0, 0.1) is 0 Å². The van der Waals surface area contributed by atoms with Gasteiger partial charge in [-0.05, 0) is 24.3 Å². The number of hydrogen-bond acceptors (Lipinski definition) is 5. The van der Waals surface area contributed by atoms with Crippen molar-refractivity contribution in [3.63, 3.8) is 0 Å². The van der Waals surface area contributed by atoms with Crippen molar-refractivity contribution in [1.82, 2.24) is 10.2 Å². The van der Waals surface area contributed by atoms with Crippen LogP contribution in [0.4, 0.5) is 5.82 Å².